The van der Waals surface area contributed by atoms with Crippen molar-refractivity contribution >= 4 is 41.4 Å². The number of hydrogen-bond acceptors (Lipinski definition) is 10. The standard InChI is InChI=1S/C8H13ClO3.C7H10O3.C7H12O2.C4H6O2.C3H4O2/c1-6(2)8(11)12-4-3-7(10)5-9;1-5(2)7(8)10-4-6-3-9-6;1-3-5-6-9-7(8)4-2;1-3(2)4(5)6;1-2-3(4)5/h7,10H,1,3-5H2,2H3;6H,1,3-4H2,2H3;4H,2-3,5-6H2,1H3;1H2,2H3,(H,5,6);2H,1H2,(H,4,5). The molecule has 240 valence electrons. The van der Waals surface area contributed by atoms with Gasteiger partial charge in [0, 0.05) is 41.2 Å². The van der Waals surface area contributed by atoms with Crippen molar-refractivity contribution in [3.05, 3.63) is 61.8 Å². The van der Waals surface area contributed by atoms with Gasteiger partial charge in [-0.15, -0.1) is 11.6 Å². The molecule has 2 atom stereocenters. The van der Waals surface area contributed by atoms with Crippen LogP contribution in [-0.4, -0.2) is 89.7 Å². The Morgan fingerprint density at radius 2 is 1.36 bits per heavy atom. The SMILES string of the molecule is C=C(C)C(=O)O.C=C(C)C(=O)OCC1CO1.C=C(C)C(=O)OCCC(O)CCl.C=CC(=O)O.C=CC(=O)OCCCC. The van der Waals surface area contributed by atoms with Gasteiger partial charge in [-0.3, -0.25) is 0 Å². The lowest BCUT2D eigenvalue weighted by Gasteiger charge is -2.06. The van der Waals surface area contributed by atoms with E-state index < -0.39 is 24.0 Å². The number of aliphatic carboxylic acids is 2. The highest BCUT2D eigenvalue weighted by Crippen LogP contribution is 2.09. The highest BCUT2D eigenvalue weighted by atomic mass is 35.5. The third-order valence-electron chi connectivity index (χ3n) is 3.81. The van der Waals surface area contributed by atoms with E-state index in [2.05, 4.69) is 37.6 Å². The van der Waals surface area contributed by atoms with Gasteiger partial charge in [-0.05, 0) is 27.2 Å². The third kappa shape index (κ3) is 40.8. The van der Waals surface area contributed by atoms with Crippen LogP contribution in [0.15, 0.2) is 61.8 Å². The van der Waals surface area contributed by atoms with E-state index >= 15 is 0 Å². The molecule has 1 heterocycles. The number of esters is 3. The maximum absolute atomic E-state index is 10.8. The number of epoxide rings is 1. The molecule has 0 spiro atoms. The Morgan fingerprint density at radius 1 is 0.905 bits per heavy atom. The molecule has 2 unspecified atom stereocenters. The second-order valence-corrected chi connectivity index (χ2v) is 8.51. The maximum atomic E-state index is 10.8. The van der Waals surface area contributed by atoms with Gasteiger partial charge in [-0.2, -0.15) is 0 Å². The highest BCUT2D eigenvalue weighted by Gasteiger charge is 2.24. The van der Waals surface area contributed by atoms with Crippen LogP contribution < -0.4 is 0 Å². The second-order valence-electron chi connectivity index (χ2n) is 8.20. The first kappa shape index (κ1) is 45.3. The summed E-state index contributed by atoms with van der Waals surface area (Å²) in [4.78, 5) is 50.7. The third-order valence-corrected chi connectivity index (χ3v) is 4.17. The number of unbranched alkanes of at least 4 members (excludes halogenated alkanes) is 1. The molecule has 1 rings (SSSR count). The number of hydrogen-bond donors (Lipinski definition) is 3. The van der Waals surface area contributed by atoms with Crippen molar-refractivity contribution in [3.8, 4) is 0 Å². The van der Waals surface area contributed by atoms with Gasteiger partial charge in [-0.25, -0.2) is 24.0 Å². The molecule has 0 aromatic carbocycles. The van der Waals surface area contributed by atoms with E-state index in [1.54, 1.807) is 13.8 Å². The lowest BCUT2D eigenvalue weighted by Crippen LogP contribution is -2.14. The zero-order chi connectivity index (χ0) is 33.7. The topological polar surface area (TPSA) is 186 Å². The monoisotopic (exact) mass is 620 g/mol. The summed E-state index contributed by atoms with van der Waals surface area (Å²) in [6, 6.07) is 0. The van der Waals surface area contributed by atoms with Crippen molar-refractivity contribution in [2.24, 2.45) is 0 Å². The second kappa shape index (κ2) is 30.2. The van der Waals surface area contributed by atoms with Gasteiger partial charge in [0.25, 0.3) is 0 Å². The Kier molecular flexibility index (Phi) is 32.6. The van der Waals surface area contributed by atoms with Crippen molar-refractivity contribution in [3.63, 3.8) is 0 Å². The van der Waals surface area contributed by atoms with Gasteiger partial charge in [0.1, 0.15) is 12.7 Å². The largest absolute Gasteiger partial charge is 0.478 e. The molecule has 12 nitrogen and oxygen atoms in total. The molecule has 0 bridgehead atoms. The summed E-state index contributed by atoms with van der Waals surface area (Å²) in [5.41, 5.74) is 0.964. The van der Waals surface area contributed by atoms with Crippen molar-refractivity contribution < 1.29 is 58.2 Å². The predicted octanol–water partition coefficient (Wildman–Crippen LogP) is 4.02. The first-order chi connectivity index (χ1) is 19.5. The summed E-state index contributed by atoms with van der Waals surface area (Å²) in [5, 5.41) is 24.5. The van der Waals surface area contributed by atoms with Crippen LogP contribution in [0.3, 0.4) is 0 Å². The fraction of sp³-hybridized carbons (Fsp3) is 0.483. The van der Waals surface area contributed by atoms with Crippen LogP contribution in [0, 0.1) is 0 Å². The van der Waals surface area contributed by atoms with E-state index in [9.17, 15) is 24.0 Å². The summed E-state index contributed by atoms with van der Waals surface area (Å²) in [7, 11) is 0. The zero-order valence-electron chi connectivity index (χ0n) is 24.9. The number of aliphatic hydroxyl groups is 1. The minimum atomic E-state index is -0.981. The molecular weight excluding hydrogens is 576 g/mol. The first-order valence-electron chi connectivity index (χ1n) is 12.5. The number of carbonyl (C=O) groups excluding carboxylic acids is 3. The number of rotatable bonds is 14. The Bertz CT molecular complexity index is 879. The average molecular weight is 621 g/mol. The molecule has 0 saturated carbocycles. The minimum Gasteiger partial charge on any atom is -0.478 e. The molecule has 1 fully saturated rings. The van der Waals surface area contributed by atoms with Crippen LogP contribution in [0.5, 0.6) is 0 Å². The summed E-state index contributed by atoms with van der Waals surface area (Å²) >= 11 is 5.32. The van der Waals surface area contributed by atoms with E-state index in [4.69, 9.17) is 41.1 Å². The smallest absolute Gasteiger partial charge is 0.333 e. The Balaban J connectivity index is -0.000000222. The number of aliphatic hydroxyl groups excluding tert-OH is 1. The molecule has 1 aliphatic rings. The Labute approximate surface area is 252 Å². The molecule has 42 heavy (non-hydrogen) atoms. The average Bonchev–Trinajstić information content (AvgIpc) is 3.77. The lowest BCUT2D eigenvalue weighted by atomic mass is 10.3. The van der Waals surface area contributed by atoms with Crippen molar-refractivity contribution in [2.45, 2.75) is 59.2 Å². The lowest BCUT2D eigenvalue weighted by molar-refractivity contribution is -0.140. The molecule has 1 saturated heterocycles. The van der Waals surface area contributed by atoms with E-state index in [1.165, 1.54) is 13.0 Å². The van der Waals surface area contributed by atoms with Gasteiger partial charge >= 0.3 is 29.8 Å². The van der Waals surface area contributed by atoms with E-state index in [0.29, 0.717) is 37.4 Å². The molecule has 0 aromatic rings. The zero-order valence-corrected chi connectivity index (χ0v) is 25.7. The molecule has 3 N–H and O–H groups in total. The van der Waals surface area contributed by atoms with Crippen molar-refractivity contribution in [1.82, 2.24) is 0 Å². The summed E-state index contributed by atoms with van der Waals surface area (Å²) in [6.07, 6.45) is 3.88. The number of halogens is 1. The fourth-order valence-corrected chi connectivity index (χ4v) is 1.47. The van der Waals surface area contributed by atoms with Crippen molar-refractivity contribution in [1.29, 1.82) is 0 Å². The van der Waals surface area contributed by atoms with Gasteiger partial charge in [0.15, 0.2) is 0 Å². The molecule has 13 heteroatoms. The van der Waals surface area contributed by atoms with Crippen LogP contribution in [0.25, 0.3) is 0 Å². The number of carboxylic acids is 2. The molecule has 0 aliphatic carbocycles. The molecular formula is C29H45ClO12. The van der Waals surface area contributed by atoms with E-state index in [-0.39, 0.29) is 36.1 Å². The van der Waals surface area contributed by atoms with Crippen LogP contribution in [-0.2, 0) is 42.9 Å². The van der Waals surface area contributed by atoms with Gasteiger partial charge in [0.2, 0.25) is 0 Å². The highest BCUT2D eigenvalue weighted by molar-refractivity contribution is 6.18. The molecule has 0 aromatic heterocycles. The molecule has 0 radical (unpaired) electrons. The molecule has 1 aliphatic heterocycles. The number of ether oxygens (including phenoxy) is 4. The van der Waals surface area contributed by atoms with Crippen LogP contribution in [0.2, 0.25) is 0 Å². The normalized spacial score (nSPS) is 12.4. The van der Waals surface area contributed by atoms with E-state index in [1.807, 2.05) is 6.92 Å². The summed E-state index contributed by atoms with van der Waals surface area (Å²) < 4.78 is 19.0. The number of alkyl halides is 1. The van der Waals surface area contributed by atoms with Gasteiger partial charge in [0.05, 0.1) is 25.9 Å². The van der Waals surface area contributed by atoms with E-state index in [0.717, 1.165) is 18.9 Å². The minimum absolute atomic E-state index is 0.142. The Hall–Kier alpha value is -3.74. The van der Waals surface area contributed by atoms with Crippen LogP contribution in [0.1, 0.15) is 47.0 Å². The Morgan fingerprint density at radius 3 is 1.67 bits per heavy atom. The number of carbonyl (C=O) groups is 5. The quantitative estimate of drug-likeness (QED) is 0.0633. The predicted molar refractivity (Wildman–Crippen MR) is 159 cm³/mol. The molecule has 0 amide bonds. The van der Waals surface area contributed by atoms with Crippen molar-refractivity contribution in [2.75, 3.05) is 32.3 Å². The maximum Gasteiger partial charge on any atom is 0.333 e. The fourth-order valence-electron chi connectivity index (χ4n) is 1.32. The summed E-state index contributed by atoms with van der Waals surface area (Å²) in [5.74, 6) is -2.86. The van der Waals surface area contributed by atoms with Gasteiger partial charge < -0.3 is 34.3 Å². The van der Waals surface area contributed by atoms with Gasteiger partial charge in [-0.1, -0.05) is 46.2 Å². The number of carboxylic acid groups (broad SMARTS) is 2. The first-order valence-corrected chi connectivity index (χ1v) is 13.1. The van der Waals surface area contributed by atoms with Crippen LogP contribution in [0.4, 0.5) is 0 Å². The summed E-state index contributed by atoms with van der Waals surface area (Å²) in [6.45, 7) is 24.7. The van der Waals surface area contributed by atoms with Crippen LogP contribution >= 0.6 is 11.6 Å².